The Kier molecular flexibility index (Phi) is 4.87. The smallest absolute Gasteiger partial charge is 0.134 e. The summed E-state index contributed by atoms with van der Waals surface area (Å²) in [5.74, 6) is 0.155. The van der Waals surface area contributed by atoms with Crippen LogP contribution in [0.15, 0.2) is 18.2 Å². The molecule has 100 valence electrons. The molecule has 0 aromatic heterocycles. The first-order chi connectivity index (χ1) is 8.70. The number of hydrogen-bond acceptors (Lipinski definition) is 3. The third-order valence-corrected chi connectivity index (χ3v) is 3.89. The summed E-state index contributed by atoms with van der Waals surface area (Å²) in [6.45, 7) is 6.32. The maximum atomic E-state index is 9.43. The van der Waals surface area contributed by atoms with Crippen LogP contribution in [0.4, 0.5) is 0 Å². The minimum absolute atomic E-state index is 0.155. The number of nitrogens with zero attached hydrogens (tertiary/aromatic N) is 1. The second-order valence-corrected chi connectivity index (χ2v) is 5.26. The molecule has 3 nitrogen and oxygen atoms in total. The largest absolute Gasteiger partial charge is 0.506 e. The summed E-state index contributed by atoms with van der Waals surface area (Å²) in [6, 6.07) is 6.08. The monoisotopic (exact) mass is 268 g/mol. The minimum atomic E-state index is 0.155. The number of benzene rings is 1. The maximum Gasteiger partial charge on any atom is 0.134 e. The summed E-state index contributed by atoms with van der Waals surface area (Å²) in [5.41, 5.74) is 1.16. The first-order valence-electron chi connectivity index (χ1n) is 6.63. The van der Waals surface area contributed by atoms with E-state index in [1.54, 1.807) is 6.07 Å². The third-order valence-electron chi connectivity index (χ3n) is 3.59. The second kappa shape index (κ2) is 6.41. The number of phenolic OH excluding ortho intramolecular Hbond substituents is 1. The first kappa shape index (κ1) is 13.7. The van der Waals surface area contributed by atoms with Crippen molar-refractivity contribution in [1.82, 2.24) is 10.2 Å². The van der Waals surface area contributed by atoms with Gasteiger partial charge in [0.2, 0.25) is 0 Å². The van der Waals surface area contributed by atoms with Gasteiger partial charge in [-0.05, 0) is 43.6 Å². The van der Waals surface area contributed by atoms with Crippen LogP contribution in [0.3, 0.4) is 0 Å². The Bertz CT molecular complexity index is 391. The van der Waals surface area contributed by atoms with Crippen molar-refractivity contribution in [3.63, 3.8) is 0 Å². The molecule has 1 aliphatic heterocycles. The molecule has 0 bridgehead atoms. The van der Waals surface area contributed by atoms with Crippen LogP contribution in [-0.4, -0.2) is 35.7 Å². The van der Waals surface area contributed by atoms with Crippen molar-refractivity contribution >= 4 is 11.6 Å². The number of piperidine rings is 1. The molecule has 0 aliphatic carbocycles. The maximum absolute atomic E-state index is 9.43. The zero-order chi connectivity index (χ0) is 13.0. The van der Waals surface area contributed by atoms with Gasteiger partial charge in [-0.15, -0.1) is 0 Å². The zero-order valence-corrected chi connectivity index (χ0v) is 11.6. The average Bonchev–Trinajstić information content (AvgIpc) is 2.41. The Morgan fingerprint density at radius 2 is 2.33 bits per heavy atom. The molecule has 0 saturated carbocycles. The van der Waals surface area contributed by atoms with Crippen LogP contribution in [0.2, 0.25) is 5.02 Å². The van der Waals surface area contributed by atoms with Gasteiger partial charge in [-0.3, -0.25) is 4.90 Å². The molecule has 1 fully saturated rings. The quantitative estimate of drug-likeness (QED) is 0.881. The van der Waals surface area contributed by atoms with Gasteiger partial charge < -0.3 is 10.4 Å². The lowest BCUT2D eigenvalue weighted by molar-refractivity contribution is 0.166. The van der Waals surface area contributed by atoms with E-state index in [1.165, 1.54) is 12.8 Å². The molecule has 1 heterocycles. The molecule has 4 heteroatoms. The third kappa shape index (κ3) is 3.37. The number of nitrogens with one attached hydrogen (secondary N) is 1. The SMILES string of the molecule is CCN(Cc1ccc(O)c(Cl)c1)C1CCCNC1. The summed E-state index contributed by atoms with van der Waals surface area (Å²) in [7, 11) is 0. The summed E-state index contributed by atoms with van der Waals surface area (Å²) in [6.07, 6.45) is 2.50. The van der Waals surface area contributed by atoms with Crippen LogP contribution >= 0.6 is 11.6 Å². The van der Waals surface area contributed by atoms with E-state index in [0.29, 0.717) is 11.1 Å². The van der Waals surface area contributed by atoms with E-state index in [-0.39, 0.29) is 5.75 Å². The molecule has 0 radical (unpaired) electrons. The van der Waals surface area contributed by atoms with Crippen LogP contribution in [0.5, 0.6) is 5.75 Å². The van der Waals surface area contributed by atoms with Gasteiger partial charge >= 0.3 is 0 Å². The lowest BCUT2D eigenvalue weighted by Gasteiger charge is -2.34. The van der Waals surface area contributed by atoms with Crippen molar-refractivity contribution in [2.24, 2.45) is 0 Å². The number of rotatable bonds is 4. The van der Waals surface area contributed by atoms with Crippen LogP contribution in [-0.2, 0) is 6.54 Å². The molecule has 0 spiro atoms. The predicted octanol–water partition coefficient (Wildman–Crippen LogP) is 2.62. The van der Waals surface area contributed by atoms with E-state index < -0.39 is 0 Å². The molecule has 1 unspecified atom stereocenters. The van der Waals surface area contributed by atoms with Gasteiger partial charge in [0, 0.05) is 19.1 Å². The number of hydrogen-bond donors (Lipinski definition) is 2. The molecular weight excluding hydrogens is 248 g/mol. The molecular formula is C14H21ClN2O. The fourth-order valence-corrected chi connectivity index (χ4v) is 2.73. The van der Waals surface area contributed by atoms with Crippen LogP contribution in [0.1, 0.15) is 25.3 Å². The molecule has 2 rings (SSSR count). The predicted molar refractivity (Wildman–Crippen MR) is 75.1 cm³/mol. The normalized spacial score (nSPS) is 20.3. The summed E-state index contributed by atoms with van der Waals surface area (Å²) < 4.78 is 0. The first-order valence-corrected chi connectivity index (χ1v) is 7.00. The fraction of sp³-hybridized carbons (Fsp3) is 0.571. The topological polar surface area (TPSA) is 35.5 Å². The minimum Gasteiger partial charge on any atom is -0.506 e. The second-order valence-electron chi connectivity index (χ2n) is 4.85. The molecule has 1 aliphatic rings. The van der Waals surface area contributed by atoms with Crippen LogP contribution in [0, 0.1) is 0 Å². The zero-order valence-electron chi connectivity index (χ0n) is 10.8. The summed E-state index contributed by atoms with van der Waals surface area (Å²) in [5, 5.41) is 13.3. The van der Waals surface area contributed by atoms with Crippen molar-refractivity contribution in [2.45, 2.75) is 32.4 Å². The van der Waals surface area contributed by atoms with Gasteiger partial charge in [0.1, 0.15) is 5.75 Å². The highest BCUT2D eigenvalue weighted by atomic mass is 35.5. The van der Waals surface area contributed by atoms with Gasteiger partial charge in [-0.25, -0.2) is 0 Å². The van der Waals surface area contributed by atoms with Crippen LogP contribution in [0.25, 0.3) is 0 Å². The van der Waals surface area contributed by atoms with Crippen molar-refractivity contribution in [3.05, 3.63) is 28.8 Å². The van der Waals surface area contributed by atoms with E-state index in [9.17, 15) is 5.11 Å². The molecule has 18 heavy (non-hydrogen) atoms. The van der Waals surface area contributed by atoms with Gasteiger partial charge in [0.05, 0.1) is 5.02 Å². The number of aromatic hydroxyl groups is 1. The number of likely N-dealkylation sites (N-methyl/N-ethyl adjacent to an activating group) is 1. The van der Waals surface area contributed by atoms with E-state index >= 15 is 0 Å². The van der Waals surface area contributed by atoms with Crippen LogP contribution < -0.4 is 5.32 Å². The Hall–Kier alpha value is -0.770. The molecule has 1 aromatic carbocycles. The van der Waals surface area contributed by atoms with Gasteiger partial charge in [0.15, 0.2) is 0 Å². The fourth-order valence-electron chi connectivity index (χ4n) is 2.53. The summed E-state index contributed by atoms with van der Waals surface area (Å²) in [4.78, 5) is 2.47. The molecule has 2 N–H and O–H groups in total. The number of phenols is 1. The standard InChI is InChI=1S/C14H21ClN2O/c1-2-17(12-4-3-7-16-9-12)10-11-5-6-14(18)13(15)8-11/h5-6,8,12,16,18H,2-4,7,9-10H2,1H3. The average molecular weight is 269 g/mol. The van der Waals surface area contributed by atoms with E-state index in [4.69, 9.17) is 11.6 Å². The molecule has 1 atom stereocenters. The summed E-state index contributed by atoms with van der Waals surface area (Å²) >= 11 is 5.95. The Balaban J connectivity index is 2.02. The van der Waals surface area contributed by atoms with Crippen molar-refractivity contribution < 1.29 is 5.11 Å². The lowest BCUT2D eigenvalue weighted by atomic mass is 10.0. The van der Waals surface area contributed by atoms with E-state index in [2.05, 4.69) is 17.1 Å². The van der Waals surface area contributed by atoms with Crippen molar-refractivity contribution in [3.8, 4) is 5.75 Å². The molecule has 0 amide bonds. The lowest BCUT2D eigenvalue weighted by Crippen LogP contribution is -2.45. The Morgan fingerprint density at radius 3 is 2.94 bits per heavy atom. The highest BCUT2D eigenvalue weighted by molar-refractivity contribution is 6.32. The van der Waals surface area contributed by atoms with Crippen molar-refractivity contribution in [2.75, 3.05) is 19.6 Å². The molecule has 1 aromatic rings. The van der Waals surface area contributed by atoms with E-state index in [0.717, 1.165) is 31.7 Å². The highest BCUT2D eigenvalue weighted by Gasteiger charge is 2.19. The van der Waals surface area contributed by atoms with E-state index in [1.807, 2.05) is 12.1 Å². The Labute approximate surface area is 114 Å². The number of halogens is 1. The van der Waals surface area contributed by atoms with Crippen molar-refractivity contribution in [1.29, 1.82) is 0 Å². The van der Waals surface area contributed by atoms with Gasteiger partial charge in [-0.2, -0.15) is 0 Å². The Morgan fingerprint density at radius 1 is 1.50 bits per heavy atom. The van der Waals surface area contributed by atoms with Gasteiger partial charge in [0.25, 0.3) is 0 Å². The van der Waals surface area contributed by atoms with Gasteiger partial charge in [-0.1, -0.05) is 24.6 Å². The highest BCUT2D eigenvalue weighted by Crippen LogP contribution is 2.25. The molecule has 1 saturated heterocycles.